The zero-order chi connectivity index (χ0) is 15.1. The number of aryl methyl sites for hydroxylation is 1. The van der Waals surface area contributed by atoms with Crippen LogP contribution in [0.15, 0.2) is 12.1 Å². The third-order valence-corrected chi connectivity index (χ3v) is 3.79. The molecule has 0 aliphatic rings. The van der Waals surface area contributed by atoms with Crippen molar-refractivity contribution in [1.29, 1.82) is 0 Å². The van der Waals surface area contributed by atoms with Gasteiger partial charge < -0.3 is 5.11 Å². The van der Waals surface area contributed by atoms with Gasteiger partial charge in [-0.05, 0) is 31.5 Å². The molecule has 0 saturated heterocycles. The Morgan fingerprint density at radius 2 is 1.90 bits per heavy atom. The van der Waals surface area contributed by atoms with Crippen LogP contribution in [0.2, 0.25) is 5.02 Å². The number of pyridine rings is 1. The fourth-order valence-corrected chi connectivity index (χ4v) is 2.12. The summed E-state index contributed by atoms with van der Waals surface area (Å²) in [6.07, 6.45) is 0. The maximum atomic E-state index is 9.44. The number of aliphatic hydroxyl groups excluding tert-OH is 1. The smallest absolute Gasteiger partial charge is 0.154 e. The highest BCUT2D eigenvalue weighted by atomic mass is 35.5. The number of aliphatic hydroxyl groups is 1. The number of nitrogens with zero attached hydrogens (tertiary/aromatic N) is 3. The Hall–Kier alpha value is -1.39. The predicted molar refractivity (Wildman–Crippen MR) is 80.5 cm³/mol. The Morgan fingerprint density at radius 3 is 2.35 bits per heavy atom. The van der Waals surface area contributed by atoms with E-state index < -0.39 is 0 Å². The van der Waals surface area contributed by atoms with Crippen LogP contribution in [-0.2, 0) is 12.0 Å². The number of aromatic nitrogens is 3. The van der Waals surface area contributed by atoms with Gasteiger partial charge in [-0.3, -0.25) is 0 Å². The highest BCUT2D eigenvalue weighted by Gasteiger charge is 2.19. The van der Waals surface area contributed by atoms with Crippen molar-refractivity contribution in [3.63, 3.8) is 0 Å². The number of hydrogen-bond donors (Lipinski definition) is 1. The average Bonchev–Trinajstić information content (AvgIpc) is 2.65. The van der Waals surface area contributed by atoms with Gasteiger partial charge in [0.25, 0.3) is 0 Å². The van der Waals surface area contributed by atoms with Crippen molar-refractivity contribution in [2.24, 2.45) is 0 Å². The Bertz CT molecular complexity index is 641. The van der Waals surface area contributed by atoms with Crippen LogP contribution in [0.1, 0.15) is 43.4 Å². The Labute approximate surface area is 124 Å². The van der Waals surface area contributed by atoms with Gasteiger partial charge in [0.1, 0.15) is 0 Å². The minimum absolute atomic E-state index is 0.0222. The molecule has 0 fully saturated rings. The minimum Gasteiger partial charge on any atom is -0.392 e. The normalized spacial score (nSPS) is 11.9. The van der Waals surface area contributed by atoms with E-state index in [1.54, 1.807) is 4.68 Å². The summed E-state index contributed by atoms with van der Waals surface area (Å²) in [5, 5.41) is 14.5. The molecule has 0 aliphatic heterocycles. The first-order valence-electron chi connectivity index (χ1n) is 6.58. The zero-order valence-corrected chi connectivity index (χ0v) is 13.3. The topological polar surface area (TPSA) is 50.9 Å². The molecule has 0 amide bonds. The van der Waals surface area contributed by atoms with E-state index in [-0.39, 0.29) is 12.0 Å². The molecule has 0 unspecified atom stereocenters. The first-order chi connectivity index (χ1) is 9.24. The molecule has 2 aromatic rings. The van der Waals surface area contributed by atoms with Gasteiger partial charge in [0, 0.05) is 11.1 Å². The molecular weight excluding hydrogens is 274 g/mol. The van der Waals surface area contributed by atoms with Crippen LogP contribution >= 0.6 is 11.6 Å². The number of rotatable bonds is 2. The first kappa shape index (κ1) is 15.0. The minimum atomic E-state index is -0.0974. The molecule has 1 N–H and O–H groups in total. The Morgan fingerprint density at radius 1 is 1.25 bits per heavy atom. The van der Waals surface area contributed by atoms with Crippen molar-refractivity contribution in [3.8, 4) is 5.82 Å². The lowest BCUT2D eigenvalue weighted by molar-refractivity contribution is 0.281. The summed E-state index contributed by atoms with van der Waals surface area (Å²) < 4.78 is 1.73. The lowest BCUT2D eigenvalue weighted by atomic mass is 9.91. The summed E-state index contributed by atoms with van der Waals surface area (Å²) in [6.45, 7) is 10.0. The summed E-state index contributed by atoms with van der Waals surface area (Å²) >= 11 is 6.19. The third kappa shape index (κ3) is 2.72. The second-order valence-corrected chi connectivity index (χ2v) is 6.40. The van der Waals surface area contributed by atoms with E-state index in [0.29, 0.717) is 10.8 Å². The maximum Gasteiger partial charge on any atom is 0.154 e. The summed E-state index contributed by atoms with van der Waals surface area (Å²) in [7, 11) is 0. The molecule has 0 bridgehead atoms. The van der Waals surface area contributed by atoms with Crippen molar-refractivity contribution in [1.82, 2.24) is 14.8 Å². The van der Waals surface area contributed by atoms with Crippen LogP contribution in [-0.4, -0.2) is 19.9 Å². The number of halogens is 1. The largest absolute Gasteiger partial charge is 0.392 e. The van der Waals surface area contributed by atoms with Crippen LogP contribution in [0.3, 0.4) is 0 Å². The van der Waals surface area contributed by atoms with E-state index in [1.165, 1.54) is 0 Å². The standard InChI is InChI=1S/C15H20ClN3O/c1-9-14(16)10(2)19(18-9)13-7-11(8-20)6-12(17-13)15(3,4)5/h6-7,20H,8H2,1-5H3. The molecule has 0 radical (unpaired) electrons. The molecule has 0 saturated carbocycles. The quantitative estimate of drug-likeness (QED) is 0.924. The van der Waals surface area contributed by atoms with E-state index in [0.717, 1.165) is 22.6 Å². The summed E-state index contributed by atoms with van der Waals surface area (Å²) in [5.74, 6) is 0.689. The maximum absolute atomic E-state index is 9.44. The van der Waals surface area contributed by atoms with E-state index in [9.17, 15) is 5.11 Å². The molecule has 2 rings (SSSR count). The monoisotopic (exact) mass is 293 g/mol. The SMILES string of the molecule is Cc1nn(-c2cc(CO)cc(C(C)(C)C)n2)c(C)c1Cl. The van der Waals surface area contributed by atoms with Crippen LogP contribution < -0.4 is 0 Å². The van der Waals surface area contributed by atoms with Crippen molar-refractivity contribution in [3.05, 3.63) is 39.8 Å². The van der Waals surface area contributed by atoms with Crippen LogP contribution in [0, 0.1) is 13.8 Å². The van der Waals surface area contributed by atoms with Crippen molar-refractivity contribution >= 4 is 11.6 Å². The lowest BCUT2D eigenvalue weighted by Crippen LogP contribution is -2.16. The van der Waals surface area contributed by atoms with Crippen LogP contribution in [0.4, 0.5) is 0 Å². The van der Waals surface area contributed by atoms with Gasteiger partial charge in [-0.1, -0.05) is 32.4 Å². The lowest BCUT2D eigenvalue weighted by Gasteiger charge is -2.20. The molecule has 5 heteroatoms. The highest BCUT2D eigenvalue weighted by Crippen LogP contribution is 2.26. The van der Waals surface area contributed by atoms with Gasteiger partial charge in [0.2, 0.25) is 0 Å². The molecule has 108 valence electrons. The molecule has 4 nitrogen and oxygen atoms in total. The zero-order valence-electron chi connectivity index (χ0n) is 12.5. The van der Waals surface area contributed by atoms with Gasteiger partial charge in [-0.25, -0.2) is 9.67 Å². The Kier molecular flexibility index (Phi) is 3.89. The fraction of sp³-hybridized carbons (Fsp3) is 0.467. The third-order valence-electron chi connectivity index (χ3n) is 3.24. The molecule has 20 heavy (non-hydrogen) atoms. The molecule has 0 aromatic carbocycles. The van der Waals surface area contributed by atoms with Gasteiger partial charge in [0.15, 0.2) is 5.82 Å². The van der Waals surface area contributed by atoms with E-state index in [1.807, 2.05) is 26.0 Å². The molecule has 0 atom stereocenters. The highest BCUT2D eigenvalue weighted by molar-refractivity contribution is 6.31. The second kappa shape index (κ2) is 5.19. The van der Waals surface area contributed by atoms with Crippen molar-refractivity contribution in [2.45, 2.75) is 46.6 Å². The van der Waals surface area contributed by atoms with E-state index in [2.05, 4.69) is 30.9 Å². The molecule has 0 aliphatic carbocycles. The van der Waals surface area contributed by atoms with E-state index in [4.69, 9.17) is 11.6 Å². The first-order valence-corrected chi connectivity index (χ1v) is 6.96. The van der Waals surface area contributed by atoms with Crippen molar-refractivity contribution < 1.29 is 5.11 Å². The molecular formula is C15H20ClN3O. The molecule has 0 spiro atoms. The van der Waals surface area contributed by atoms with Gasteiger partial charge in [0.05, 0.1) is 23.0 Å². The second-order valence-electron chi connectivity index (χ2n) is 6.02. The molecule has 2 aromatic heterocycles. The predicted octanol–water partition coefficient (Wildman–Crippen LogP) is 3.33. The fourth-order valence-electron chi connectivity index (χ4n) is 2.00. The average molecular weight is 294 g/mol. The van der Waals surface area contributed by atoms with Gasteiger partial charge in [-0.15, -0.1) is 0 Å². The van der Waals surface area contributed by atoms with E-state index >= 15 is 0 Å². The molecule has 2 heterocycles. The summed E-state index contributed by atoms with van der Waals surface area (Å²) in [6, 6.07) is 3.77. The van der Waals surface area contributed by atoms with Crippen molar-refractivity contribution in [2.75, 3.05) is 0 Å². The number of hydrogen-bond acceptors (Lipinski definition) is 3. The summed E-state index contributed by atoms with van der Waals surface area (Å²) in [4.78, 5) is 4.67. The van der Waals surface area contributed by atoms with Crippen LogP contribution in [0.25, 0.3) is 5.82 Å². The van der Waals surface area contributed by atoms with Gasteiger partial charge >= 0.3 is 0 Å². The van der Waals surface area contributed by atoms with Gasteiger partial charge in [-0.2, -0.15) is 5.10 Å². The van der Waals surface area contributed by atoms with Crippen LogP contribution in [0.5, 0.6) is 0 Å². The Balaban J connectivity index is 2.64. The summed E-state index contributed by atoms with van der Waals surface area (Å²) in [5.41, 5.74) is 3.27.